The molecule has 2 aromatic rings. The Morgan fingerprint density at radius 3 is 2.38 bits per heavy atom. The molecule has 0 amide bonds. The van der Waals surface area contributed by atoms with E-state index in [4.69, 9.17) is 5.73 Å². The number of aromatic nitrogens is 3. The third kappa shape index (κ3) is 7.21. The van der Waals surface area contributed by atoms with E-state index in [2.05, 4.69) is 17.2 Å². The van der Waals surface area contributed by atoms with Gasteiger partial charge in [0.25, 0.3) is 0 Å². The van der Waals surface area contributed by atoms with Gasteiger partial charge in [0.1, 0.15) is 5.69 Å². The first kappa shape index (κ1) is 19.9. The summed E-state index contributed by atoms with van der Waals surface area (Å²) < 4.78 is 1.85. The van der Waals surface area contributed by atoms with Gasteiger partial charge >= 0.3 is 0 Å². The van der Waals surface area contributed by atoms with Crippen LogP contribution in [0.3, 0.4) is 0 Å². The molecule has 0 aliphatic carbocycles. The van der Waals surface area contributed by atoms with E-state index in [9.17, 15) is 4.79 Å². The van der Waals surface area contributed by atoms with Crippen LogP contribution in [-0.4, -0.2) is 20.8 Å². The molecule has 0 bridgehead atoms. The van der Waals surface area contributed by atoms with Crippen molar-refractivity contribution < 1.29 is 4.79 Å². The first-order valence-electron chi connectivity index (χ1n) is 9.67. The highest BCUT2D eigenvalue weighted by molar-refractivity contribution is 6.06. The molecule has 5 nitrogen and oxygen atoms in total. The topological polar surface area (TPSA) is 73.8 Å². The summed E-state index contributed by atoms with van der Waals surface area (Å²) in [6, 6.07) is 6.89. The first-order valence-corrected chi connectivity index (χ1v) is 9.67. The lowest BCUT2D eigenvalue weighted by molar-refractivity contribution is 0.104. The zero-order chi connectivity index (χ0) is 18.6. The fraction of sp³-hybridized carbons (Fsp3) is 0.476. The van der Waals surface area contributed by atoms with Gasteiger partial charge in [0.15, 0.2) is 5.78 Å². The van der Waals surface area contributed by atoms with Crippen LogP contribution < -0.4 is 5.73 Å². The highest BCUT2D eigenvalue weighted by Gasteiger charge is 2.02. The van der Waals surface area contributed by atoms with Crippen molar-refractivity contribution >= 4 is 17.5 Å². The number of nitrogens with zero attached hydrogens (tertiary/aromatic N) is 3. The van der Waals surface area contributed by atoms with E-state index in [-0.39, 0.29) is 5.78 Å². The lowest BCUT2D eigenvalue weighted by Crippen LogP contribution is -1.98. The summed E-state index contributed by atoms with van der Waals surface area (Å²) in [7, 11) is 0. The number of nitrogens with two attached hydrogens (primary N) is 1. The number of nitrogen functional groups attached to an aromatic ring is 1. The SMILES string of the molecule is CCCCCCCCCCn1cc(/C=C/C(=O)c2ccc(N)cc2)nn1. The number of allylic oxidation sites excluding steroid dienone is 1. The molecule has 2 rings (SSSR count). The number of hydrogen-bond acceptors (Lipinski definition) is 4. The van der Waals surface area contributed by atoms with E-state index < -0.39 is 0 Å². The van der Waals surface area contributed by atoms with Crippen LogP contribution in [-0.2, 0) is 6.54 Å². The van der Waals surface area contributed by atoms with Crippen LogP contribution in [0.25, 0.3) is 6.08 Å². The zero-order valence-electron chi connectivity index (χ0n) is 15.7. The number of carbonyl (C=O) groups excluding carboxylic acids is 1. The number of ketones is 1. The number of anilines is 1. The van der Waals surface area contributed by atoms with Gasteiger partial charge < -0.3 is 5.73 Å². The molecule has 0 saturated carbocycles. The van der Waals surface area contributed by atoms with Gasteiger partial charge in [0.05, 0.1) is 6.20 Å². The molecule has 140 valence electrons. The number of aryl methyl sites for hydroxylation is 1. The number of benzene rings is 1. The molecule has 0 spiro atoms. The second kappa shape index (κ2) is 11.2. The maximum atomic E-state index is 12.1. The third-order valence-corrected chi connectivity index (χ3v) is 4.40. The molecule has 0 fully saturated rings. The minimum Gasteiger partial charge on any atom is -0.399 e. The van der Waals surface area contributed by atoms with Crippen molar-refractivity contribution in [2.45, 2.75) is 64.8 Å². The van der Waals surface area contributed by atoms with E-state index in [0.29, 0.717) is 16.9 Å². The van der Waals surface area contributed by atoms with Crippen LogP contribution >= 0.6 is 0 Å². The number of rotatable bonds is 12. The minimum absolute atomic E-state index is 0.0670. The van der Waals surface area contributed by atoms with Gasteiger partial charge in [-0.25, -0.2) is 0 Å². The fourth-order valence-corrected chi connectivity index (χ4v) is 2.81. The number of unbranched alkanes of at least 4 members (excludes halogenated alkanes) is 7. The molecular weight excluding hydrogens is 324 g/mol. The van der Waals surface area contributed by atoms with Crippen LogP contribution in [0.5, 0.6) is 0 Å². The Bertz CT molecular complexity index is 688. The molecule has 0 radical (unpaired) electrons. The van der Waals surface area contributed by atoms with E-state index >= 15 is 0 Å². The monoisotopic (exact) mass is 354 g/mol. The van der Waals surface area contributed by atoms with Gasteiger partial charge in [0, 0.05) is 17.8 Å². The summed E-state index contributed by atoms with van der Waals surface area (Å²) in [5.41, 5.74) is 7.59. The predicted octanol–water partition coefficient (Wildman–Crippen LogP) is 4.90. The van der Waals surface area contributed by atoms with Gasteiger partial charge in [-0.3, -0.25) is 9.48 Å². The van der Waals surface area contributed by atoms with Gasteiger partial charge in [-0.2, -0.15) is 0 Å². The molecule has 1 aromatic carbocycles. The molecule has 1 heterocycles. The van der Waals surface area contributed by atoms with Gasteiger partial charge in [-0.1, -0.05) is 57.1 Å². The average Bonchev–Trinajstić information content (AvgIpc) is 3.10. The molecule has 0 aliphatic heterocycles. The highest BCUT2D eigenvalue weighted by Crippen LogP contribution is 2.10. The smallest absolute Gasteiger partial charge is 0.185 e. The molecule has 0 aliphatic rings. The van der Waals surface area contributed by atoms with Gasteiger partial charge in [-0.05, 0) is 42.8 Å². The number of hydrogen-bond donors (Lipinski definition) is 1. The Kier molecular flexibility index (Phi) is 8.60. The number of carbonyl (C=O) groups is 1. The normalized spacial score (nSPS) is 11.3. The van der Waals surface area contributed by atoms with Crippen LogP contribution in [0, 0.1) is 0 Å². The zero-order valence-corrected chi connectivity index (χ0v) is 15.7. The van der Waals surface area contributed by atoms with Crippen molar-refractivity contribution in [2.75, 3.05) is 5.73 Å². The maximum Gasteiger partial charge on any atom is 0.185 e. The van der Waals surface area contributed by atoms with Crippen molar-refractivity contribution in [3.05, 3.63) is 47.8 Å². The molecule has 0 atom stereocenters. The Morgan fingerprint density at radius 1 is 1.04 bits per heavy atom. The summed E-state index contributed by atoms with van der Waals surface area (Å²) >= 11 is 0. The van der Waals surface area contributed by atoms with Crippen LogP contribution in [0.4, 0.5) is 5.69 Å². The van der Waals surface area contributed by atoms with Crippen LogP contribution in [0.2, 0.25) is 0 Å². The molecule has 26 heavy (non-hydrogen) atoms. The Labute approximate surface area is 156 Å². The molecule has 0 saturated heterocycles. The summed E-state index contributed by atoms with van der Waals surface area (Å²) in [6.07, 6.45) is 15.5. The molecule has 5 heteroatoms. The summed E-state index contributed by atoms with van der Waals surface area (Å²) in [5.74, 6) is -0.0670. The Hall–Kier alpha value is -2.43. The minimum atomic E-state index is -0.0670. The summed E-state index contributed by atoms with van der Waals surface area (Å²) in [4.78, 5) is 12.1. The third-order valence-electron chi connectivity index (χ3n) is 4.40. The van der Waals surface area contributed by atoms with Gasteiger partial charge in [0.2, 0.25) is 0 Å². The summed E-state index contributed by atoms with van der Waals surface area (Å²) in [5, 5.41) is 8.22. The van der Waals surface area contributed by atoms with Crippen molar-refractivity contribution in [3.63, 3.8) is 0 Å². The highest BCUT2D eigenvalue weighted by atomic mass is 16.1. The van der Waals surface area contributed by atoms with Gasteiger partial charge in [-0.15, -0.1) is 5.10 Å². The van der Waals surface area contributed by atoms with E-state index in [0.717, 1.165) is 13.0 Å². The van der Waals surface area contributed by atoms with Crippen LogP contribution in [0.1, 0.15) is 74.3 Å². The molecule has 2 N–H and O–H groups in total. The fourth-order valence-electron chi connectivity index (χ4n) is 2.81. The van der Waals surface area contributed by atoms with E-state index in [1.165, 1.54) is 51.0 Å². The van der Waals surface area contributed by atoms with Crippen molar-refractivity contribution in [1.29, 1.82) is 0 Å². The largest absolute Gasteiger partial charge is 0.399 e. The van der Waals surface area contributed by atoms with E-state index in [1.807, 2.05) is 10.9 Å². The quantitative estimate of drug-likeness (QED) is 0.255. The second-order valence-electron chi connectivity index (χ2n) is 6.70. The Balaban J connectivity index is 1.68. The average molecular weight is 354 g/mol. The van der Waals surface area contributed by atoms with E-state index in [1.54, 1.807) is 30.3 Å². The van der Waals surface area contributed by atoms with Crippen molar-refractivity contribution in [1.82, 2.24) is 15.0 Å². The molecule has 0 unspecified atom stereocenters. The lowest BCUT2D eigenvalue weighted by Gasteiger charge is -2.01. The molecule has 1 aromatic heterocycles. The predicted molar refractivity (Wildman–Crippen MR) is 107 cm³/mol. The lowest BCUT2D eigenvalue weighted by atomic mass is 10.1. The standard InChI is InChI=1S/C21H30N4O/c1-2-3-4-5-6-7-8-9-16-25-17-20(23-24-25)14-15-21(26)18-10-12-19(22)13-11-18/h10-15,17H,2-9,16,22H2,1H3/b15-14+. The van der Waals surface area contributed by atoms with Crippen molar-refractivity contribution in [2.24, 2.45) is 0 Å². The summed E-state index contributed by atoms with van der Waals surface area (Å²) in [6.45, 7) is 3.12. The Morgan fingerprint density at radius 2 is 1.69 bits per heavy atom. The maximum absolute atomic E-state index is 12.1. The molecular formula is C21H30N4O. The second-order valence-corrected chi connectivity index (χ2v) is 6.70. The first-order chi connectivity index (χ1) is 12.7. The van der Waals surface area contributed by atoms with Crippen LogP contribution in [0.15, 0.2) is 36.5 Å². The van der Waals surface area contributed by atoms with Crippen molar-refractivity contribution in [3.8, 4) is 0 Å².